The number of halogens is 1. The van der Waals surface area contributed by atoms with Gasteiger partial charge in [0.2, 0.25) is 0 Å². The van der Waals surface area contributed by atoms with Crippen LogP contribution in [0.4, 0.5) is 0 Å². The van der Waals surface area contributed by atoms with Crippen LogP contribution in [0.3, 0.4) is 0 Å². The third-order valence-electron chi connectivity index (χ3n) is 3.06. The van der Waals surface area contributed by atoms with Gasteiger partial charge in [-0.1, -0.05) is 22.4 Å². The zero-order valence-electron chi connectivity index (χ0n) is 9.74. The molecule has 1 saturated heterocycles. The van der Waals surface area contributed by atoms with Crippen molar-refractivity contribution in [2.45, 2.75) is 30.2 Å². The van der Waals surface area contributed by atoms with E-state index < -0.39 is 9.84 Å². The van der Waals surface area contributed by atoms with Crippen LogP contribution in [0.25, 0.3) is 0 Å². The second kappa shape index (κ2) is 5.08. The maximum atomic E-state index is 11.8. The highest BCUT2D eigenvalue weighted by Crippen LogP contribution is 2.30. The summed E-state index contributed by atoms with van der Waals surface area (Å²) in [4.78, 5) is 0.445. The average molecular weight is 318 g/mol. The third kappa shape index (κ3) is 3.09. The first-order chi connectivity index (χ1) is 7.98. The van der Waals surface area contributed by atoms with Gasteiger partial charge in [-0.15, -0.1) is 0 Å². The normalized spacial score (nSPS) is 21.4. The SMILES string of the molecule is CS(=O)(=O)c1ccc(Br)cc1C1CCCCN1. The summed E-state index contributed by atoms with van der Waals surface area (Å²) in [7, 11) is -3.16. The molecular weight excluding hydrogens is 302 g/mol. The van der Waals surface area contributed by atoms with Gasteiger partial charge in [0.05, 0.1) is 4.90 Å². The Bertz CT molecular complexity index is 507. The Morgan fingerprint density at radius 3 is 2.71 bits per heavy atom. The zero-order valence-corrected chi connectivity index (χ0v) is 12.1. The first kappa shape index (κ1) is 13.1. The van der Waals surface area contributed by atoms with Crippen molar-refractivity contribution in [3.63, 3.8) is 0 Å². The van der Waals surface area contributed by atoms with Crippen molar-refractivity contribution >= 4 is 25.8 Å². The zero-order chi connectivity index (χ0) is 12.5. The molecule has 5 heteroatoms. The molecule has 0 aliphatic carbocycles. The van der Waals surface area contributed by atoms with Crippen molar-refractivity contribution in [1.29, 1.82) is 0 Å². The number of rotatable bonds is 2. The van der Waals surface area contributed by atoms with Gasteiger partial charge in [0.1, 0.15) is 0 Å². The molecule has 94 valence electrons. The Labute approximate surface area is 111 Å². The number of hydrogen-bond acceptors (Lipinski definition) is 3. The van der Waals surface area contributed by atoms with E-state index in [0.717, 1.165) is 29.4 Å². The number of piperidine rings is 1. The molecule has 1 aromatic rings. The van der Waals surface area contributed by atoms with E-state index in [1.165, 1.54) is 12.7 Å². The number of hydrogen-bond donors (Lipinski definition) is 1. The summed E-state index contributed by atoms with van der Waals surface area (Å²) in [5.41, 5.74) is 0.890. The van der Waals surface area contributed by atoms with Gasteiger partial charge in [0.15, 0.2) is 9.84 Å². The molecule has 0 amide bonds. The van der Waals surface area contributed by atoms with E-state index in [1.54, 1.807) is 12.1 Å². The topological polar surface area (TPSA) is 46.2 Å². The predicted octanol–water partition coefficient (Wildman–Crippen LogP) is 2.67. The predicted molar refractivity (Wildman–Crippen MR) is 71.8 cm³/mol. The molecule has 2 rings (SSSR count). The fourth-order valence-electron chi connectivity index (χ4n) is 2.25. The number of sulfone groups is 1. The fraction of sp³-hybridized carbons (Fsp3) is 0.500. The highest BCUT2D eigenvalue weighted by atomic mass is 79.9. The fourth-order valence-corrected chi connectivity index (χ4v) is 3.57. The lowest BCUT2D eigenvalue weighted by Gasteiger charge is -2.25. The van der Waals surface area contributed by atoms with Crippen LogP contribution in [-0.2, 0) is 9.84 Å². The van der Waals surface area contributed by atoms with Gasteiger partial charge in [0.25, 0.3) is 0 Å². The summed E-state index contributed by atoms with van der Waals surface area (Å²) in [6.07, 6.45) is 4.58. The minimum absolute atomic E-state index is 0.158. The van der Waals surface area contributed by atoms with Crippen LogP contribution in [-0.4, -0.2) is 21.2 Å². The van der Waals surface area contributed by atoms with E-state index in [4.69, 9.17) is 0 Å². The highest BCUT2D eigenvalue weighted by Gasteiger charge is 2.22. The van der Waals surface area contributed by atoms with Crippen molar-refractivity contribution in [2.75, 3.05) is 12.8 Å². The van der Waals surface area contributed by atoms with E-state index in [1.807, 2.05) is 6.07 Å². The Morgan fingerprint density at radius 1 is 1.35 bits per heavy atom. The van der Waals surface area contributed by atoms with E-state index in [2.05, 4.69) is 21.2 Å². The summed E-state index contributed by atoms with van der Waals surface area (Å²) in [5.74, 6) is 0. The van der Waals surface area contributed by atoms with Gasteiger partial charge in [-0.05, 0) is 43.1 Å². The third-order valence-corrected chi connectivity index (χ3v) is 4.72. The lowest BCUT2D eigenvalue weighted by Crippen LogP contribution is -2.28. The molecule has 0 aromatic heterocycles. The molecule has 3 nitrogen and oxygen atoms in total. The summed E-state index contributed by atoms with van der Waals surface area (Å²) in [5, 5.41) is 3.39. The minimum atomic E-state index is -3.16. The highest BCUT2D eigenvalue weighted by molar-refractivity contribution is 9.10. The first-order valence-electron chi connectivity index (χ1n) is 5.71. The molecule has 17 heavy (non-hydrogen) atoms. The van der Waals surface area contributed by atoms with Gasteiger partial charge >= 0.3 is 0 Å². The summed E-state index contributed by atoms with van der Waals surface area (Å²) >= 11 is 3.41. The van der Waals surface area contributed by atoms with Gasteiger partial charge < -0.3 is 5.32 Å². The quantitative estimate of drug-likeness (QED) is 0.912. The van der Waals surface area contributed by atoms with Crippen LogP contribution in [0.5, 0.6) is 0 Å². The molecule has 1 atom stereocenters. The molecule has 0 saturated carbocycles. The molecule has 0 bridgehead atoms. The Kier molecular flexibility index (Phi) is 3.90. The van der Waals surface area contributed by atoms with Crippen LogP contribution < -0.4 is 5.32 Å². The molecule has 0 radical (unpaired) electrons. The second-order valence-corrected chi connectivity index (χ2v) is 7.36. The summed E-state index contributed by atoms with van der Waals surface area (Å²) in [6, 6.07) is 5.54. The van der Waals surface area contributed by atoms with Crippen LogP contribution >= 0.6 is 15.9 Å². The van der Waals surface area contributed by atoms with Gasteiger partial charge in [-0.25, -0.2) is 8.42 Å². The maximum absolute atomic E-state index is 11.8. The molecule has 1 aromatic carbocycles. The molecule has 1 fully saturated rings. The Morgan fingerprint density at radius 2 is 2.12 bits per heavy atom. The van der Waals surface area contributed by atoms with Crippen LogP contribution in [0, 0.1) is 0 Å². The smallest absolute Gasteiger partial charge is 0.175 e. The lowest BCUT2D eigenvalue weighted by atomic mass is 9.97. The molecule has 1 aliphatic heterocycles. The molecule has 0 spiro atoms. The van der Waals surface area contributed by atoms with E-state index in [0.29, 0.717) is 4.90 Å². The largest absolute Gasteiger partial charge is 0.310 e. The lowest BCUT2D eigenvalue weighted by molar-refractivity contribution is 0.407. The van der Waals surface area contributed by atoms with Crippen molar-refractivity contribution in [3.8, 4) is 0 Å². The van der Waals surface area contributed by atoms with Crippen LogP contribution in [0.1, 0.15) is 30.9 Å². The standard InChI is InChI=1S/C12H16BrNO2S/c1-17(15,16)12-6-5-9(13)8-10(12)11-4-2-3-7-14-11/h5-6,8,11,14H,2-4,7H2,1H3. The minimum Gasteiger partial charge on any atom is -0.310 e. The molecule has 1 heterocycles. The summed E-state index contributed by atoms with van der Waals surface area (Å²) in [6.45, 7) is 0.959. The van der Waals surface area contributed by atoms with E-state index >= 15 is 0 Å². The molecule has 1 unspecified atom stereocenters. The molecule has 1 aliphatic rings. The Balaban J connectivity index is 2.46. The molecule has 1 N–H and O–H groups in total. The van der Waals surface area contributed by atoms with Crippen LogP contribution in [0.2, 0.25) is 0 Å². The monoisotopic (exact) mass is 317 g/mol. The van der Waals surface area contributed by atoms with Gasteiger partial charge in [0, 0.05) is 16.8 Å². The van der Waals surface area contributed by atoms with Gasteiger partial charge in [-0.2, -0.15) is 0 Å². The van der Waals surface area contributed by atoms with Crippen molar-refractivity contribution in [3.05, 3.63) is 28.2 Å². The number of benzene rings is 1. The van der Waals surface area contributed by atoms with E-state index in [-0.39, 0.29) is 6.04 Å². The van der Waals surface area contributed by atoms with Gasteiger partial charge in [-0.3, -0.25) is 0 Å². The first-order valence-corrected chi connectivity index (χ1v) is 8.40. The summed E-state index contributed by atoms with van der Waals surface area (Å²) < 4.78 is 24.5. The van der Waals surface area contributed by atoms with Crippen molar-refractivity contribution in [1.82, 2.24) is 5.32 Å². The van der Waals surface area contributed by atoms with Crippen molar-refractivity contribution in [2.24, 2.45) is 0 Å². The van der Waals surface area contributed by atoms with Crippen molar-refractivity contribution < 1.29 is 8.42 Å². The average Bonchev–Trinajstić information content (AvgIpc) is 2.28. The maximum Gasteiger partial charge on any atom is 0.175 e. The second-order valence-electron chi connectivity index (χ2n) is 4.46. The Hall–Kier alpha value is -0.390. The van der Waals surface area contributed by atoms with E-state index in [9.17, 15) is 8.42 Å². The van der Waals surface area contributed by atoms with Crippen LogP contribution in [0.15, 0.2) is 27.6 Å². The number of nitrogens with one attached hydrogen (secondary N) is 1. The molecular formula is C12H16BrNO2S.